The Hall–Kier alpha value is -1.55. The van der Waals surface area contributed by atoms with Crippen molar-refractivity contribution in [3.8, 4) is 5.75 Å². The van der Waals surface area contributed by atoms with Crippen LogP contribution in [-0.4, -0.2) is 32.1 Å². The Labute approximate surface area is 108 Å². The van der Waals surface area contributed by atoms with Crippen molar-refractivity contribution in [2.75, 3.05) is 20.2 Å². The lowest BCUT2D eigenvalue weighted by atomic mass is 10.1. The summed E-state index contributed by atoms with van der Waals surface area (Å²) in [7, 11) is 1.63. The molecule has 0 aliphatic carbocycles. The van der Waals surface area contributed by atoms with E-state index in [1.807, 2.05) is 24.3 Å². The molecule has 4 nitrogen and oxygen atoms in total. The van der Waals surface area contributed by atoms with Crippen molar-refractivity contribution < 1.29 is 9.53 Å². The Morgan fingerprint density at radius 3 is 3.06 bits per heavy atom. The van der Waals surface area contributed by atoms with Crippen molar-refractivity contribution in [1.82, 2.24) is 10.6 Å². The summed E-state index contributed by atoms with van der Waals surface area (Å²) in [5.41, 5.74) is 0.932. The summed E-state index contributed by atoms with van der Waals surface area (Å²) in [5.74, 6) is 0.836. The number of carbonyl (C=O) groups is 1. The molecule has 1 heterocycles. The number of hydrogen-bond acceptors (Lipinski definition) is 3. The van der Waals surface area contributed by atoms with Crippen LogP contribution in [0.4, 0.5) is 0 Å². The fraction of sp³-hybridized carbons (Fsp3) is 0.500. The number of piperidine rings is 1. The van der Waals surface area contributed by atoms with E-state index in [0.29, 0.717) is 6.42 Å². The minimum atomic E-state index is 0.0631. The molecule has 4 heteroatoms. The molecule has 98 valence electrons. The average Bonchev–Trinajstić information content (AvgIpc) is 2.40. The average molecular weight is 248 g/mol. The Kier molecular flexibility index (Phi) is 4.59. The highest BCUT2D eigenvalue weighted by molar-refractivity contribution is 5.79. The summed E-state index contributed by atoms with van der Waals surface area (Å²) in [6, 6.07) is 7.90. The van der Waals surface area contributed by atoms with Gasteiger partial charge in [0.15, 0.2) is 0 Å². The molecule has 0 saturated carbocycles. The van der Waals surface area contributed by atoms with E-state index in [9.17, 15) is 4.79 Å². The zero-order valence-corrected chi connectivity index (χ0v) is 10.7. The van der Waals surface area contributed by atoms with Crippen LogP contribution in [0.1, 0.15) is 18.4 Å². The lowest BCUT2D eigenvalue weighted by Crippen LogP contribution is -2.46. The van der Waals surface area contributed by atoms with Crippen LogP contribution in [0.15, 0.2) is 24.3 Å². The van der Waals surface area contributed by atoms with Crippen LogP contribution >= 0.6 is 0 Å². The van der Waals surface area contributed by atoms with Gasteiger partial charge in [0.25, 0.3) is 0 Å². The van der Waals surface area contributed by atoms with Crippen molar-refractivity contribution >= 4 is 5.91 Å². The number of methoxy groups -OCH3 is 1. The Morgan fingerprint density at radius 1 is 1.50 bits per heavy atom. The van der Waals surface area contributed by atoms with Crippen molar-refractivity contribution in [3.05, 3.63) is 29.8 Å². The molecular formula is C14H20N2O2. The third kappa shape index (κ3) is 3.47. The van der Waals surface area contributed by atoms with Crippen LogP contribution in [0.25, 0.3) is 0 Å². The quantitative estimate of drug-likeness (QED) is 0.839. The third-order valence-electron chi connectivity index (χ3n) is 3.21. The predicted octanol–water partition coefficient (Wildman–Crippen LogP) is 1.11. The number of para-hydroxylation sites is 1. The second-order valence-electron chi connectivity index (χ2n) is 4.60. The van der Waals surface area contributed by atoms with Gasteiger partial charge in [-0.05, 0) is 25.5 Å². The fourth-order valence-corrected chi connectivity index (χ4v) is 2.28. The lowest BCUT2D eigenvalue weighted by molar-refractivity contribution is -0.121. The summed E-state index contributed by atoms with van der Waals surface area (Å²) in [5, 5.41) is 6.35. The summed E-state index contributed by atoms with van der Waals surface area (Å²) >= 11 is 0. The number of carbonyl (C=O) groups excluding carboxylic acids is 1. The SMILES string of the molecule is COc1ccccc1CC(=O)N[C@@H]1CCCNC1. The highest BCUT2D eigenvalue weighted by Gasteiger charge is 2.16. The number of rotatable bonds is 4. The lowest BCUT2D eigenvalue weighted by Gasteiger charge is -2.23. The molecule has 1 aromatic rings. The van der Waals surface area contributed by atoms with Crippen molar-refractivity contribution in [3.63, 3.8) is 0 Å². The third-order valence-corrected chi connectivity index (χ3v) is 3.21. The molecule has 0 spiro atoms. The van der Waals surface area contributed by atoms with Gasteiger partial charge >= 0.3 is 0 Å². The van der Waals surface area contributed by atoms with Gasteiger partial charge in [-0.15, -0.1) is 0 Å². The number of amides is 1. The molecule has 1 aromatic carbocycles. The van der Waals surface area contributed by atoms with Crippen molar-refractivity contribution in [2.45, 2.75) is 25.3 Å². The van der Waals surface area contributed by atoms with Crippen LogP contribution in [0.3, 0.4) is 0 Å². The highest BCUT2D eigenvalue weighted by atomic mass is 16.5. The standard InChI is InChI=1S/C14H20N2O2/c1-18-13-7-3-2-5-11(13)9-14(17)16-12-6-4-8-15-10-12/h2-3,5,7,12,15H,4,6,8-10H2,1H3,(H,16,17)/t12-/m1/s1. The molecular weight excluding hydrogens is 228 g/mol. The Morgan fingerprint density at radius 2 is 2.33 bits per heavy atom. The minimum Gasteiger partial charge on any atom is -0.496 e. The maximum atomic E-state index is 12.0. The maximum Gasteiger partial charge on any atom is 0.224 e. The first-order valence-electron chi connectivity index (χ1n) is 6.41. The number of hydrogen-bond donors (Lipinski definition) is 2. The van der Waals surface area contributed by atoms with Gasteiger partial charge in [0.05, 0.1) is 13.5 Å². The van der Waals surface area contributed by atoms with Crippen LogP contribution in [0.5, 0.6) is 5.75 Å². The van der Waals surface area contributed by atoms with E-state index in [1.165, 1.54) is 0 Å². The van der Waals surface area contributed by atoms with E-state index >= 15 is 0 Å². The zero-order valence-electron chi connectivity index (χ0n) is 10.7. The summed E-state index contributed by atoms with van der Waals surface area (Å²) in [4.78, 5) is 12.0. The van der Waals surface area contributed by atoms with Crippen LogP contribution in [-0.2, 0) is 11.2 Å². The van der Waals surface area contributed by atoms with E-state index in [2.05, 4.69) is 10.6 Å². The number of benzene rings is 1. The van der Waals surface area contributed by atoms with E-state index in [-0.39, 0.29) is 11.9 Å². The second-order valence-corrected chi connectivity index (χ2v) is 4.60. The first kappa shape index (κ1) is 12.9. The van der Waals surface area contributed by atoms with Gasteiger partial charge < -0.3 is 15.4 Å². The molecule has 1 saturated heterocycles. The molecule has 1 atom stereocenters. The second kappa shape index (κ2) is 6.40. The number of ether oxygens (including phenoxy) is 1. The Balaban J connectivity index is 1.90. The molecule has 1 amide bonds. The highest BCUT2D eigenvalue weighted by Crippen LogP contribution is 2.17. The molecule has 1 aliphatic heterocycles. The van der Waals surface area contributed by atoms with Crippen LogP contribution in [0, 0.1) is 0 Å². The van der Waals surface area contributed by atoms with Crippen molar-refractivity contribution in [2.24, 2.45) is 0 Å². The smallest absolute Gasteiger partial charge is 0.224 e. The van der Waals surface area contributed by atoms with Gasteiger partial charge in [0.2, 0.25) is 5.91 Å². The maximum absolute atomic E-state index is 12.0. The molecule has 2 rings (SSSR count). The fourth-order valence-electron chi connectivity index (χ4n) is 2.28. The summed E-state index contributed by atoms with van der Waals surface area (Å²) in [6.45, 7) is 1.93. The first-order valence-corrected chi connectivity index (χ1v) is 6.41. The van der Waals surface area contributed by atoms with E-state index in [0.717, 1.165) is 37.2 Å². The molecule has 0 radical (unpaired) electrons. The first-order chi connectivity index (χ1) is 8.79. The zero-order chi connectivity index (χ0) is 12.8. The normalized spacial score (nSPS) is 19.3. The molecule has 18 heavy (non-hydrogen) atoms. The predicted molar refractivity (Wildman–Crippen MR) is 70.7 cm³/mol. The monoisotopic (exact) mass is 248 g/mol. The minimum absolute atomic E-state index is 0.0631. The molecule has 2 N–H and O–H groups in total. The van der Waals surface area contributed by atoms with Gasteiger partial charge in [-0.25, -0.2) is 0 Å². The van der Waals surface area contributed by atoms with Gasteiger partial charge in [-0.2, -0.15) is 0 Å². The van der Waals surface area contributed by atoms with Crippen LogP contribution < -0.4 is 15.4 Å². The van der Waals surface area contributed by atoms with Crippen LogP contribution in [0.2, 0.25) is 0 Å². The molecule has 0 aromatic heterocycles. The largest absolute Gasteiger partial charge is 0.496 e. The molecule has 1 fully saturated rings. The van der Waals surface area contributed by atoms with Crippen molar-refractivity contribution in [1.29, 1.82) is 0 Å². The van der Waals surface area contributed by atoms with E-state index in [4.69, 9.17) is 4.74 Å². The Bertz CT molecular complexity index is 401. The molecule has 1 aliphatic rings. The summed E-state index contributed by atoms with van der Waals surface area (Å²) < 4.78 is 5.24. The van der Waals surface area contributed by atoms with Gasteiger partial charge in [0.1, 0.15) is 5.75 Å². The molecule has 0 unspecified atom stereocenters. The van der Waals surface area contributed by atoms with Gasteiger partial charge in [0, 0.05) is 18.2 Å². The topological polar surface area (TPSA) is 50.4 Å². The molecule has 0 bridgehead atoms. The van der Waals surface area contributed by atoms with E-state index < -0.39 is 0 Å². The van der Waals surface area contributed by atoms with E-state index in [1.54, 1.807) is 7.11 Å². The number of nitrogens with one attached hydrogen (secondary N) is 2. The van der Waals surface area contributed by atoms with Gasteiger partial charge in [-0.1, -0.05) is 18.2 Å². The van der Waals surface area contributed by atoms with Gasteiger partial charge in [-0.3, -0.25) is 4.79 Å². The summed E-state index contributed by atoms with van der Waals surface area (Å²) in [6.07, 6.45) is 2.56.